The maximum atomic E-state index is 13.3. The molecule has 0 radical (unpaired) electrons. The average molecular weight is 288 g/mol. The lowest BCUT2D eigenvalue weighted by Crippen LogP contribution is -2.11. The molecule has 2 N–H and O–H groups in total. The van der Waals surface area contributed by atoms with E-state index < -0.39 is 29.2 Å². The van der Waals surface area contributed by atoms with Crippen molar-refractivity contribution in [3.8, 4) is 0 Å². The minimum Gasteiger partial charge on any atom is -0.380 e. The number of aromatic nitrogens is 3. The third kappa shape index (κ3) is 2.89. The summed E-state index contributed by atoms with van der Waals surface area (Å²) in [6.45, 7) is 2.00. The highest BCUT2D eigenvalue weighted by atomic mass is 19.2. The zero-order valence-electron chi connectivity index (χ0n) is 10.6. The zero-order chi connectivity index (χ0) is 14.7. The van der Waals surface area contributed by atoms with Gasteiger partial charge in [0.05, 0.1) is 6.20 Å². The van der Waals surface area contributed by atoms with Crippen molar-refractivity contribution in [2.75, 3.05) is 11.9 Å². The van der Waals surface area contributed by atoms with E-state index in [1.54, 1.807) is 6.20 Å². The smallest absolute Gasteiger partial charge is 0.253 e. The number of hydrogen-bond donors (Lipinski definition) is 2. The lowest BCUT2D eigenvalue weighted by molar-refractivity contribution is 0.410. The molecule has 0 amide bonds. The van der Waals surface area contributed by atoms with Crippen molar-refractivity contribution in [2.45, 2.75) is 19.8 Å². The van der Waals surface area contributed by atoms with Gasteiger partial charge in [0, 0.05) is 12.2 Å². The number of nitrogens with one attached hydrogen (secondary N) is 2. The lowest BCUT2D eigenvalue weighted by atomic mass is 10.1. The van der Waals surface area contributed by atoms with Crippen LogP contribution in [0.5, 0.6) is 0 Å². The molecule has 0 fully saturated rings. The van der Waals surface area contributed by atoms with Crippen molar-refractivity contribution in [2.24, 2.45) is 0 Å². The van der Waals surface area contributed by atoms with Crippen molar-refractivity contribution >= 4 is 5.69 Å². The summed E-state index contributed by atoms with van der Waals surface area (Å²) < 4.78 is 52.3. The van der Waals surface area contributed by atoms with E-state index in [0.717, 1.165) is 11.3 Å². The largest absolute Gasteiger partial charge is 0.380 e. The number of aromatic amines is 1. The average Bonchev–Trinajstić information content (AvgIpc) is 2.81. The summed E-state index contributed by atoms with van der Waals surface area (Å²) in [6, 6.07) is 0. The summed E-state index contributed by atoms with van der Waals surface area (Å²) >= 11 is 0. The molecule has 0 aliphatic heterocycles. The maximum absolute atomic E-state index is 13.3. The Labute approximate surface area is 112 Å². The van der Waals surface area contributed by atoms with Gasteiger partial charge in [-0.15, -0.1) is 0 Å². The highest BCUT2D eigenvalue weighted by molar-refractivity contribution is 5.45. The van der Waals surface area contributed by atoms with Crippen molar-refractivity contribution in [3.05, 3.63) is 41.0 Å². The Morgan fingerprint density at radius 3 is 2.35 bits per heavy atom. The third-order valence-corrected chi connectivity index (χ3v) is 2.86. The van der Waals surface area contributed by atoms with Gasteiger partial charge >= 0.3 is 0 Å². The van der Waals surface area contributed by atoms with E-state index in [1.807, 2.05) is 6.92 Å². The van der Waals surface area contributed by atoms with Gasteiger partial charge in [-0.2, -0.15) is 27.6 Å². The van der Waals surface area contributed by atoms with Gasteiger partial charge in [0.1, 0.15) is 5.69 Å². The Hall–Kier alpha value is -2.12. The first-order valence-electron chi connectivity index (χ1n) is 5.93. The van der Waals surface area contributed by atoms with Gasteiger partial charge in [-0.1, -0.05) is 0 Å². The minimum atomic E-state index is -1.67. The number of pyridine rings is 1. The normalized spacial score (nSPS) is 10.8. The van der Waals surface area contributed by atoms with Crippen LogP contribution in [0.4, 0.5) is 23.2 Å². The third-order valence-electron chi connectivity index (χ3n) is 2.86. The molecule has 2 aromatic heterocycles. The fraction of sp³-hybridized carbons (Fsp3) is 0.333. The Balaban J connectivity index is 1.96. The number of hydrogen-bond acceptors (Lipinski definition) is 3. The van der Waals surface area contributed by atoms with Crippen LogP contribution in [0, 0.1) is 30.5 Å². The summed E-state index contributed by atoms with van der Waals surface area (Å²) in [5, 5.41) is 8.94. The van der Waals surface area contributed by atoms with E-state index in [2.05, 4.69) is 20.5 Å². The van der Waals surface area contributed by atoms with Gasteiger partial charge in [0.25, 0.3) is 11.9 Å². The summed E-state index contributed by atoms with van der Waals surface area (Å²) in [5.74, 6) is -6.39. The standard InChI is InChI=1S/C12H12F4N4/c1-6-7(5-18-20-6)3-2-4-17-10-8(13)11(15)19-12(16)9(10)14/h5H,2-4H2,1H3,(H,17,19)(H,18,20). The molecule has 4 nitrogen and oxygen atoms in total. The number of halogens is 4. The number of H-pyrrole nitrogens is 1. The van der Waals surface area contributed by atoms with Crippen molar-refractivity contribution in [1.82, 2.24) is 15.2 Å². The minimum absolute atomic E-state index is 0.154. The van der Waals surface area contributed by atoms with Crippen LogP contribution in [0.3, 0.4) is 0 Å². The van der Waals surface area contributed by atoms with Crippen LogP contribution in [0.1, 0.15) is 17.7 Å². The number of rotatable bonds is 5. The quantitative estimate of drug-likeness (QED) is 0.505. The molecule has 0 bridgehead atoms. The topological polar surface area (TPSA) is 53.6 Å². The van der Waals surface area contributed by atoms with Gasteiger partial charge < -0.3 is 5.32 Å². The fourth-order valence-electron chi connectivity index (χ4n) is 1.76. The second kappa shape index (κ2) is 5.89. The van der Waals surface area contributed by atoms with Crippen LogP contribution >= 0.6 is 0 Å². The lowest BCUT2D eigenvalue weighted by Gasteiger charge is -2.09. The molecule has 8 heteroatoms. The first-order valence-corrected chi connectivity index (χ1v) is 5.93. The molecule has 0 aliphatic carbocycles. The molecular formula is C12H12F4N4. The van der Waals surface area contributed by atoms with Gasteiger partial charge in [-0.3, -0.25) is 5.10 Å². The van der Waals surface area contributed by atoms with Crippen LogP contribution in [0.25, 0.3) is 0 Å². The predicted octanol–water partition coefficient (Wildman–Crippen LogP) is 2.71. The number of anilines is 1. The van der Waals surface area contributed by atoms with Crippen LogP contribution in [-0.2, 0) is 6.42 Å². The summed E-state index contributed by atoms with van der Waals surface area (Å²) in [5.41, 5.74) is 1.04. The molecule has 2 aromatic rings. The first kappa shape index (κ1) is 14.3. The molecule has 0 saturated carbocycles. The molecule has 0 atom stereocenters. The van der Waals surface area contributed by atoms with Crippen molar-refractivity contribution in [1.29, 1.82) is 0 Å². The van der Waals surface area contributed by atoms with Crippen LogP contribution in [0.2, 0.25) is 0 Å². The van der Waals surface area contributed by atoms with Crippen LogP contribution in [-0.4, -0.2) is 21.7 Å². The summed E-state index contributed by atoms with van der Waals surface area (Å²) in [4.78, 5) is 2.48. The Morgan fingerprint density at radius 2 is 1.80 bits per heavy atom. The molecule has 0 unspecified atom stereocenters. The van der Waals surface area contributed by atoms with Gasteiger partial charge in [0.15, 0.2) is 0 Å². The highest BCUT2D eigenvalue weighted by Gasteiger charge is 2.20. The first-order chi connectivity index (χ1) is 9.50. The van der Waals surface area contributed by atoms with Gasteiger partial charge in [-0.25, -0.2) is 0 Å². The predicted molar refractivity (Wildman–Crippen MR) is 64.2 cm³/mol. The molecule has 0 spiro atoms. The molecule has 0 saturated heterocycles. The summed E-state index contributed by atoms with van der Waals surface area (Å²) in [7, 11) is 0. The molecule has 108 valence electrons. The fourth-order valence-corrected chi connectivity index (χ4v) is 1.76. The molecule has 0 aliphatic rings. The maximum Gasteiger partial charge on any atom is 0.253 e. The van der Waals surface area contributed by atoms with E-state index in [1.165, 1.54) is 0 Å². The SMILES string of the molecule is Cc1[nH]ncc1CCCNc1c(F)c(F)nc(F)c1F. The molecule has 2 heterocycles. The monoisotopic (exact) mass is 288 g/mol. The second-order valence-corrected chi connectivity index (χ2v) is 4.25. The molecule has 2 rings (SSSR count). The van der Waals surface area contributed by atoms with Crippen LogP contribution < -0.4 is 5.32 Å². The Morgan fingerprint density at radius 1 is 1.15 bits per heavy atom. The van der Waals surface area contributed by atoms with Gasteiger partial charge in [-0.05, 0) is 25.3 Å². The molecular weight excluding hydrogens is 276 g/mol. The van der Waals surface area contributed by atoms with Gasteiger partial charge in [0.2, 0.25) is 11.6 Å². The van der Waals surface area contributed by atoms with E-state index in [-0.39, 0.29) is 6.54 Å². The summed E-state index contributed by atoms with van der Waals surface area (Å²) in [6.07, 6.45) is 2.79. The van der Waals surface area contributed by atoms with Crippen molar-refractivity contribution in [3.63, 3.8) is 0 Å². The zero-order valence-corrected chi connectivity index (χ0v) is 10.6. The number of aryl methyl sites for hydroxylation is 2. The Kier molecular flexibility index (Phi) is 4.21. The van der Waals surface area contributed by atoms with Crippen LogP contribution in [0.15, 0.2) is 6.20 Å². The van der Waals surface area contributed by atoms with E-state index in [4.69, 9.17) is 0 Å². The second-order valence-electron chi connectivity index (χ2n) is 4.25. The number of nitrogens with zero attached hydrogens (tertiary/aromatic N) is 2. The Bertz CT molecular complexity index is 585. The molecule has 20 heavy (non-hydrogen) atoms. The van der Waals surface area contributed by atoms with Crippen molar-refractivity contribution < 1.29 is 17.6 Å². The van der Waals surface area contributed by atoms with E-state index >= 15 is 0 Å². The molecule has 0 aromatic carbocycles. The highest BCUT2D eigenvalue weighted by Crippen LogP contribution is 2.21. The van der Waals surface area contributed by atoms with E-state index in [0.29, 0.717) is 12.8 Å². The van der Waals surface area contributed by atoms with E-state index in [9.17, 15) is 17.6 Å².